The minimum atomic E-state index is -0.357. The van der Waals surface area contributed by atoms with Crippen molar-refractivity contribution < 1.29 is 9.59 Å². The van der Waals surface area contributed by atoms with Crippen LogP contribution in [0.5, 0.6) is 0 Å². The Hall–Kier alpha value is -2.04. The Bertz CT molecular complexity index is 746. The zero-order valence-electron chi connectivity index (χ0n) is 13.9. The van der Waals surface area contributed by atoms with Gasteiger partial charge < -0.3 is 10.6 Å². The monoisotopic (exact) mass is 378 g/mol. The zero-order valence-corrected chi connectivity index (χ0v) is 15.5. The third-order valence-electron chi connectivity index (χ3n) is 3.72. The molecule has 6 heteroatoms. The molecule has 0 fully saturated rings. The fourth-order valence-electron chi connectivity index (χ4n) is 2.25. The summed E-state index contributed by atoms with van der Waals surface area (Å²) in [6.45, 7) is 1.99. The summed E-state index contributed by atoms with van der Waals surface area (Å²) in [6.07, 6.45) is 1.96. The minimum absolute atomic E-state index is 0.115. The normalized spacial score (nSPS) is 10.4. The van der Waals surface area contributed by atoms with Gasteiger partial charge in [-0.05, 0) is 42.2 Å². The molecule has 2 amide bonds. The summed E-state index contributed by atoms with van der Waals surface area (Å²) in [7, 11) is 0. The van der Waals surface area contributed by atoms with Crippen molar-refractivity contribution in [1.82, 2.24) is 5.32 Å². The molecule has 25 heavy (non-hydrogen) atoms. The van der Waals surface area contributed by atoms with Gasteiger partial charge in [-0.3, -0.25) is 9.59 Å². The maximum absolute atomic E-state index is 11.9. The Kier molecular flexibility index (Phi) is 7.29. The molecule has 0 spiro atoms. The number of amides is 2. The van der Waals surface area contributed by atoms with Crippen molar-refractivity contribution in [2.24, 2.45) is 0 Å². The molecule has 0 aromatic heterocycles. The highest BCUT2D eigenvalue weighted by Crippen LogP contribution is 2.25. The van der Waals surface area contributed by atoms with Gasteiger partial charge in [0, 0.05) is 11.4 Å². The lowest BCUT2D eigenvalue weighted by molar-refractivity contribution is -0.124. The van der Waals surface area contributed by atoms with Crippen molar-refractivity contribution in [3.05, 3.63) is 63.6 Å². The Balaban J connectivity index is 1.75. The van der Waals surface area contributed by atoms with Crippen LogP contribution in [0.15, 0.2) is 42.5 Å². The number of halogens is 2. The van der Waals surface area contributed by atoms with Crippen molar-refractivity contribution in [2.75, 3.05) is 11.9 Å². The Labute approximate surface area is 157 Å². The van der Waals surface area contributed by atoms with Crippen LogP contribution in [0, 0.1) is 0 Å². The number of carbonyl (C=O) groups excluding carboxylic acids is 2. The van der Waals surface area contributed by atoms with Crippen LogP contribution >= 0.6 is 23.2 Å². The maximum Gasteiger partial charge on any atom is 0.243 e. The summed E-state index contributed by atoms with van der Waals surface area (Å²) >= 11 is 11.8. The summed E-state index contributed by atoms with van der Waals surface area (Å²) < 4.78 is 0. The second-order valence-electron chi connectivity index (χ2n) is 5.62. The standard InChI is InChI=1S/C19H20Cl2N2O2/c1-2-13-3-5-14(6-4-13)7-10-18(24)22-12-19(25)23-17-11-15(20)8-9-16(17)21/h3-6,8-9,11H,2,7,10,12H2,1H3,(H,22,24)(H,23,25). The van der Waals surface area contributed by atoms with Crippen LogP contribution in [-0.4, -0.2) is 18.4 Å². The second kappa shape index (κ2) is 9.44. The first-order valence-electron chi connectivity index (χ1n) is 8.07. The van der Waals surface area contributed by atoms with Gasteiger partial charge in [-0.25, -0.2) is 0 Å². The van der Waals surface area contributed by atoms with E-state index < -0.39 is 0 Å². The molecule has 2 aromatic carbocycles. The molecular weight excluding hydrogens is 359 g/mol. The number of benzene rings is 2. The van der Waals surface area contributed by atoms with E-state index in [0.29, 0.717) is 28.6 Å². The number of rotatable bonds is 7. The van der Waals surface area contributed by atoms with E-state index in [0.717, 1.165) is 12.0 Å². The predicted molar refractivity (Wildman–Crippen MR) is 102 cm³/mol. The van der Waals surface area contributed by atoms with E-state index in [1.807, 2.05) is 12.1 Å². The van der Waals surface area contributed by atoms with E-state index in [1.54, 1.807) is 18.2 Å². The zero-order chi connectivity index (χ0) is 18.2. The highest BCUT2D eigenvalue weighted by atomic mass is 35.5. The van der Waals surface area contributed by atoms with Crippen molar-refractivity contribution in [2.45, 2.75) is 26.2 Å². The van der Waals surface area contributed by atoms with Crippen LogP contribution in [0.4, 0.5) is 5.69 Å². The first kappa shape index (κ1) is 19.3. The van der Waals surface area contributed by atoms with Crippen LogP contribution < -0.4 is 10.6 Å². The average molecular weight is 379 g/mol. The first-order chi connectivity index (χ1) is 12.0. The van der Waals surface area contributed by atoms with Gasteiger partial charge in [0.1, 0.15) is 0 Å². The third-order valence-corrected chi connectivity index (χ3v) is 4.29. The fraction of sp³-hybridized carbons (Fsp3) is 0.263. The highest BCUT2D eigenvalue weighted by Gasteiger charge is 2.09. The molecular formula is C19H20Cl2N2O2. The number of carbonyl (C=O) groups is 2. The molecule has 0 radical (unpaired) electrons. The van der Waals surface area contributed by atoms with E-state index in [-0.39, 0.29) is 18.4 Å². The van der Waals surface area contributed by atoms with Gasteiger partial charge >= 0.3 is 0 Å². The molecule has 2 N–H and O–H groups in total. The van der Waals surface area contributed by atoms with Crippen LogP contribution in [0.25, 0.3) is 0 Å². The molecule has 0 saturated heterocycles. The van der Waals surface area contributed by atoms with Gasteiger partial charge in [-0.2, -0.15) is 0 Å². The van der Waals surface area contributed by atoms with E-state index in [2.05, 4.69) is 29.7 Å². The molecule has 2 aromatic rings. The van der Waals surface area contributed by atoms with Gasteiger partial charge in [0.15, 0.2) is 0 Å². The minimum Gasteiger partial charge on any atom is -0.347 e. The first-order valence-corrected chi connectivity index (χ1v) is 8.83. The summed E-state index contributed by atoms with van der Waals surface area (Å²) in [5.41, 5.74) is 2.79. The molecule has 0 aliphatic carbocycles. The largest absolute Gasteiger partial charge is 0.347 e. The number of nitrogens with one attached hydrogen (secondary N) is 2. The van der Waals surface area contributed by atoms with Crippen LogP contribution in [-0.2, 0) is 22.4 Å². The quantitative estimate of drug-likeness (QED) is 0.756. The summed E-state index contributed by atoms with van der Waals surface area (Å²) in [4.78, 5) is 23.8. The van der Waals surface area contributed by atoms with E-state index in [1.165, 1.54) is 5.56 Å². The summed E-state index contributed by atoms with van der Waals surface area (Å²) in [6, 6.07) is 13.0. The smallest absolute Gasteiger partial charge is 0.243 e. The van der Waals surface area contributed by atoms with Gasteiger partial charge in [-0.15, -0.1) is 0 Å². The molecule has 4 nitrogen and oxygen atoms in total. The van der Waals surface area contributed by atoms with Gasteiger partial charge in [-0.1, -0.05) is 54.4 Å². The predicted octanol–water partition coefficient (Wildman–Crippen LogP) is 4.24. The maximum atomic E-state index is 11.9. The molecule has 0 heterocycles. The summed E-state index contributed by atoms with van der Waals surface area (Å²) in [5, 5.41) is 6.08. The SMILES string of the molecule is CCc1ccc(CCC(=O)NCC(=O)Nc2cc(Cl)ccc2Cl)cc1. The lowest BCUT2D eigenvalue weighted by Crippen LogP contribution is -2.33. The van der Waals surface area contributed by atoms with Crippen LogP contribution in [0.1, 0.15) is 24.5 Å². The number of hydrogen-bond acceptors (Lipinski definition) is 2. The van der Waals surface area contributed by atoms with Gasteiger partial charge in [0.05, 0.1) is 17.3 Å². The Morgan fingerprint density at radius 1 is 0.960 bits per heavy atom. The molecule has 0 unspecified atom stereocenters. The number of hydrogen-bond donors (Lipinski definition) is 2. The average Bonchev–Trinajstić information content (AvgIpc) is 2.61. The molecule has 132 valence electrons. The van der Waals surface area contributed by atoms with Crippen LogP contribution in [0.3, 0.4) is 0 Å². The molecule has 0 aliphatic rings. The summed E-state index contributed by atoms with van der Waals surface area (Å²) in [5.74, 6) is -0.531. The molecule has 0 saturated carbocycles. The van der Waals surface area contributed by atoms with Crippen molar-refractivity contribution in [3.8, 4) is 0 Å². The highest BCUT2D eigenvalue weighted by molar-refractivity contribution is 6.35. The lowest BCUT2D eigenvalue weighted by atomic mass is 10.1. The third kappa shape index (κ3) is 6.40. The molecule has 2 rings (SSSR count). The number of anilines is 1. The lowest BCUT2D eigenvalue weighted by Gasteiger charge is -2.09. The van der Waals surface area contributed by atoms with Crippen molar-refractivity contribution >= 4 is 40.7 Å². The fourth-order valence-corrected chi connectivity index (χ4v) is 2.59. The molecule has 0 atom stereocenters. The second-order valence-corrected chi connectivity index (χ2v) is 6.46. The number of aryl methyl sites for hydroxylation is 2. The van der Waals surface area contributed by atoms with Gasteiger partial charge in [0.25, 0.3) is 0 Å². The van der Waals surface area contributed by atoms with Crippen molar-refractivity contribution in [1.29, 1.82) is 0 Å². The van der Waals surface area contributed by atoms with E-state index >= 15 is 0 Å². The Morgan fingerprint density at radius 3 is 2.32 bits per heavy atom. The topological polar surface area (TPSA) is 58.2 Å². The Morgan fingerprint density at radius 2 is 1.64 bits per heavy atom. The molecule has 0 bridgehead atoms. The molecule has 0 aliphatic heterocycles. The van der Waals surface area contributed by atoms with Crippen LogP contribution in [0.2, 0.25) is 10.0 Å². The van der Waals surface area contributed by atoms with Crippen molar-refractivity contribution in [3.63, 3.8) is 0 Å². The van der Waals surface area contributed by atoms with Gasteiger partial charge in [0.2, 0.25) is 11.8 Å². The van der Waals surface area contributed by atoms with E-state index in [9.17, 15) is 9.59 Å². The van der Waals surface area contributed by atoms with E-state index in [4.69, 9.17) is 23.2 Å².